The predicted molar refractivity (Wildman–Crippen MR) is 132 cm³/mol. The quantitative estimate of drug-likeness (QED) is 0.128. The number of amides is 3. The number of ether oxygens (including phenoxy) is 1. The van der Waals surface area contributed by atoms with E-state index >= 15 is 0 Å². The second-order valence-electron chi connectivity index (χ2n) is 8.71. The van der Waals surface area contributed by atoms with Crippen LogP contribution in [0.4, 0.5) is 5.82 Å². The van der Waals surface area contributed by atoms with Crippen LogP contribution >= 0.6 is 11.8 Å². The van der Waals surface area contributed by atoms with E-state index in [4.69, 9.17) is 9.57 Å². The molecule has 2 aliphatic rings. The van der Waals surface area contributed by atoms with Gasteiger partial charge in [-0.1, -0.05) is 23.9 Å². The summed E-state index contributed by atoms with van der Waals surface area (Å²) in [5.74, 6) is -3.10. The van der Waals surface area contributed by atoms with Crippen LogP contribution in [0.1, 0.15) is 26.5 Å². The van der Waals surface area contributed by atoms with Crippen LogP contribution in [0.15, 0.2) is 47.3 Å². The third kappa shape index (κ3) is 6.33. The van der Waals surface area contributed by atoms with Crippen molar-refractivity contribution >= 4 is 53.5 Å². The Kier molecular flexibility index (Phi) is 8.32. The van der Waals surface area contributed by atoms with E-state index in [1.165, 1.54) is 36.0 Å². The number of β-lactam (4-membered cyclic amide) rings is 1. The summed E-state index contributed by atoms with van der Waals surface area (Å²) < 4.78 is 5.14. The van der Waals surface area contributed by atoms with Gasteiger partial charge < -0.3 is 25.3 Å². The van der Waals surface area contributed by atoms with E-state index in [-0.39, 0.29) is 28.7 Å². The zero-order valence-corrected chi connectivity index (χ0v) is 21.0. The van der Waals surface area contributed by atoms with E-state index in [1.54, 1.807) is 20.8 Å². The number of carboxylic acids is 1. The normalized spacial score (nSPS) is 19.3. The zero-order valence-electron chi connectivity index (χ0n) is 20.2. The minimum atomic E-state index is -1.28. The summed E-state index contributed by atoms with van der Waals surface area (Å²) in [6.45, 7) is 8.01. The Morgan fingerprint density at radius 2 is 2.08 bits per heavy atom. The number of carbonyl (C=O) groups excluding carboxylic acids is 4. The SMILES string of the molecule is C=CC1=C(C(=O)O)N2C(=O)C(NC(=O)C(=NOCC(=O)OC(C)(C)C)c3cccc(NC=O)n3)[C@@H]2SC1. The third-order valence-electron chi connectivity index (χ3n) is 4.91. The minimum Gasteiger partial charge on any atom is -0.477 e. The summed E-state index contributed by atoms with van der Waals surface area (Å²) in [4.78, 5) is 70.7. The number of allylic oxidation sites excluding steroid dienone is 1. The van der Waals surface area contributed by atoms with Crippen molar-refractivity contribution in [1.29, 1.82) is 0 Å². The van der Waals surface area contributed by atoms with Gasteiger partial charge in [-0.25, -0.2) is 14.6 Å². The number of thioether (sulfide) groups is 1. The van der Waals surface area contributed by atoms with Gasteiger partial charge in [0.15, 0.2) is 5.71 Å². The van der Waals surface area contributed by atoms with Gasteiger partial charge in [-0.3, -0.25) is 19.3 Å². The summed E-state index contributed by atoms with van der Waals surface area (Å²) in [7, 11) is 0. The first-order valence-electron chi connectivity index (χ1n) is 10.9. The fourth-order valence-corrected chi connectivity index (χ4v) is 4.78. The molecule has 37 heavy (non-hydrogen) atoms. The second kappa shape index (κ2) is 11.2. The number of anilines is 1. The van der Waals surface area contributed by atoms with Gasteiger partial charge in [-0.15, -0.1) is 11.8 Å². The molecular formula is C23H25N5O8S. The molecule has 1 aromatic rings. The fraction of sp³-hybridized carbons (Fsp3) is 0.348. The first kappa shape index (κ1) is 27.4. The monoisotopic (exact) mass is 531 g/mol. The lowest BCUT2D eigenvalue weighted by Crippen LogP contribution is -2.71. The lowest BCUT2D eigenvalue weighted by Gasteiger charge is -2.49. The van der Waals surface area contributed by atoms with Crippen molar-refractivity contribution in [3.05, 3.63) is 47.8 Å². The number of carbonyl (C=O) groups is 5. The average molecular weight is 532 g/mol. The van der Waals surface area contributed by atoms with Crippen molar-refractivity contribution in [3.63, 3.8) is 0 Å². The van der Waals surface area contributed by atoms with Crippen LogP contribution in [0.5, 0.6) is 0 Å². The van der Waals surface area contributed by atoms with Crippen molar-refractivity contribution in [1.82, 2.24) is 15.2 Å². The molecule has 2 aliphatic heterocycles. The molecule has 0 radical (unpaired) electrons. The fourth-order valence-electron chi connectivity index (χ4n) is 3.44. The number of hydrogen-bond donors (Lipinski definition) is 3. The van der Waals surface area contributed by atoms with E-state index in [1.807, 2.05) is 0 Å². The Hall–Kier alpha value is -4.20. The molecule has 13 nitrogen and oxygen atoms in total. The van der Waals surface area contributed by atoms with Crippen LogP contribution in [-0.4, -0.2) is 80.2 Å². The van der Waals surface area contributed by atoms with Crippen LogP contribution in [0.3, 0.4) is 0 Å². The molecule has 2 atom stereocenters. The molecule has 3 N–H and O–H groups in total. The smallest absolute Gasteiger partial charge is 0.352 e. The topological polar surface area (TPSA) is 177 Å². The average Bonchev–Trinajstić information content (AvgIpc) is 2.83. The van der Waals surface area contributed by atoms with Gasteiger partial charge >= 0.3 is 11.9 Å². The highest BCUT2D eigenvalue weighted by Gasteiger charge is 2.54. The van der Waals surface area contributed by atoms with Gasteiger partial charge in [-0.05, 0) is 38.5 Å². The number of carboxylic acid groups (broad SMARTS) is 1. The maximum Gasteiger partial charge on any atom is 0.352 e. The highest BCUT2D eigenvalue weighted by Crippen LogP contribution is 2.40. The van der Waals surface area contributed by atoms with Gasteiger partial charge in [-0.2, -0.15) is 0 Å². The molecule has 0 saturated carbocycles. The van der Waals surface area contributed by atoms with Crippen LogP contribution in [0.25, 0.3) is 0 Å². The number of fused-ring (bicyclic) bond motifs is 1. The van der Waals surface area contributed by atoms with Crippen molar-refractivity contribution in [2.75, 3.05) is 17.7 Å². The Balaban J connectivity index is 1.82. The number of nitrogens with zero attached hydrogens (tertiary/aromatic N) is 3. The van der Waals surface area contributed by atoms with Gasteiger partial charge in [0.05, 0.1) is 0 Å². The zero-order chi connectivity index (χ0) is 27.3. The number of nitrogens with one attached hydrogen (secondary N) is 2. The second-order valence-corrected chi connectivity index (χ2v) is 9.82. The van der Waals surface area contributed by atoms with Gasteiger partial charge in [0.1, 0.15) is 34.2 Å². The van der Waals surface area contributed by atoms with Crippen molar-refractivity contribution in [3.8, 4) is 0 Å². The number of oxime groups is 1. The molecule has 1 fully saturated rings. The van der Waals surface area contributed by atoms with E-state index in [0.29, 0.717) is 12.0 Å². The van der Waals surface area contributed by atoms with Crippen LogP contribution in [0.2, 0.25) is 0 Å². The summed E-state index contributed by atoms with van der Waals surface area (Å²) in [6, 6.07) is 3.33. The van der Waals surface area contributed by atoms with Crippen LogP contribution < -0.4 is 10.6 Å². The molecule has 0 spiro atoms. The Labute approximate surface area is 215 Å². The lowest BCUT2D eigenvalue weighted by molar-refractivity contribution is -0.160. The molecule has 3 rings (SSSR count). The minimum absolute atomic E-state index is 0.0199. The molecule has 1 saturated heterocycles. The number of esters is 1. The molecule has 3 amide bonds. The maximum absolute atomic E-state index is 13.2. The van der Waals surface area contributed by atoms with E-state index in [2.05, 4.69) is 27.4 Å². The summed E-state index contributed by atoms with van der Waals surface area (Å²) in [6.07, 6.45) is 1.78. The highest BCUT2D eigenvalue weighted by atomic mass is 32.2. The molecule has 0 aliphatic carbocycles. The number of aliphatic carboxylic acids is 1. The maximum atomic E-state index is 13.2. The van der Waals surface area contributed by atoms with Crippen LogP contribution in [-0.2, 0) is 33.5 Å². The number of hydrogen-bond acceptors (Lipinski definition) is 10. The van der Waals surface area contributed by atoms with E-state index in [9.17, 15) is 29.1 Å². The van der Waals surface area contributed by atoms with Crippen molar-refractivity contribution in [2.45, 2.75) is 37.8 Å². The largest absolute Gasteiger partial charge is 0.477 e. The molecule has 0 bridgehead atoms. The number of rotatable bonds is 10. The number of pyridine rings is 1. The van der Waals surface area contributed by atoms with Gasteiger partial charge in [0, 0.05) is 5.75 Å². The molecular weight excluding hydrogens is 506 g/mol. The Morgan fingerprint density at radius 1 is 1.35 bits per heavy atom. The van der Waals surface area contributed by atoms with E-state index in [0.717, 1.165) is 4.90 Å². The molecule has 1 unspecified atom stereocenters. The van der Waals surface area contributed by atoms with Crippen LogP contribution in [0, 0.1) is 0 Å². The van der Waals surface area contributed by atoms with Gasteiger partial charge in [0.25, 0.3) is 11.8 Å². The standard InChI is InChI=1S/C23H25N5O8S/c1-5-12-10-37-21-17(20(32)28(21)18(12)22(33)34)26-19(31)16(13-7-6-8-14(25-13)24-11-29)27-35-9-15(30)36-23(2,3)4/h5-8,11,17,21H,1,9-10H2,2-4H3,(H,26,31)(H,33,34)(H,24,25,29)/t17?,21-/m0/s1. The van der Waals surface area contributed by atoms with Crippen molar-refractivity contribution < 1.29 is 38.7 Å². The summed E-state index contributed by atoms with van der Waals surface area (Å²) >= 11 is 1.27. The lowest BCUT2D eigenvalue weighted by atomic mass is 10.0. The first-order valence-corrected chi connectivity index (χ1v) is 12.0. The van der Waals surface area contributed by atoms with Gasteiger partial charge in [0.2, 0.25) is 13.0 Å². The van der Waals surface area contributed by atoms with E-state index < -0.39 is 47.4 Å². The summed E-state index contributed by atoms with van der Waals surface area (Å²) in [5, 5.41) is 17.5. The summed E-state index contributed by atoms with van der Waals surface area (Å²) in [5.41, 5.74) is -0.949. The number of aromatic nitrogens is 1. The molecule has 14 heteroatoms. The molecule has 1 aromatic heterocycles. The van der Waals surface area contributed by atoms with Crippen molar-refractivity contribution in [2.24, 2.45) is 5.16 Å². The Morgan fingerprint density at radius 3 is 2.70 bits per heavy atom. The first-order chi connectivity index (χ1) is 17.5. The highest BCUT2D eigenvalue weighted by molar-refractivity contribution is 8.00. The molecule has 3 heterocycles. The third-order valence-corrected chi connectivity index (χ3v) is 6.21. The molecule has 196 valence electrons. The Bertz CT molecular complexity index is 1210. The predicted octanol–water partition coefficient (Wildman–Crippen LogP) is 0.637. The molecule has 0 aromatic carbocycles.